The van der Waals surface area contributed by atoms with Crippen molar-refractivity contribution in [2.24, 2.45) is 0 Å². The van der Waals surface area contributed by atoms with Crippen LogP contribution in [0.5, 0.6) is 0 Å². The largest absolute Gasteiger partial charge is 0.458 e. The highest BCUT2D eigenvalue weighted by molar-refractivity contribution is 5.92. The number of esters is 1. The summed E-state index contributed by atoms with van der Waals surface area (Å²) in [6.07, 6.45) is 6.48. The summed E-state index contributed by atoms with van der Waals surface area (Å²) in [5.41, 5.74) is 0.913. The van der Waals surface area contributed by atoms with E-state index >= 15 is 0 Å². The summed E-state index contributed by atoms with van der Waals surface area (Å²) >= 11 is 0. The number of cyclic esters (lactones) is 1. The zero-order chi connectivity index (χ0) is 18.2. The second-order valence-electron chi connectivity index (χ2n) is 6.00. The number of terminal acetylenes is 1. The number of unbranched alkanes of at least 4 members (excludes halogenated alkanes) is 1. The van der Waals surface area contributed by atoms with Crippen LogP contribution in [0.15, 0.2) is 30.3 Å². The third-order valence-electron chi connectivity index (χ3n) is 3.98. The smallest absolute Gasteiger partial charge is 0.332 e. The lowest BCUT2D eigenvalue weighted by molar-refractivity contribution is -0.176. The van der Waals surface area contributed by atoms with Gasteiger partial charge >= 0.3 is 5.97 Å². The fourth-order valence-electron chi connectivity index (χ4n) is 2.55. The van der Waals surface area contributed by atoms with Gasteiger partial charge in [-0.2, -0.15) is 0 Å². The Morgan fingerprint density at radius 3 is 2.64 bits per heavy atom. The molecule has 0 aromatic heterocycles. The standard InChI is InChI=1S/C19H22N2O4/c1-3-4-6-11-16(22)20-15(12-14-9-7-5-8-10-14)18(23)21-17-13(2)25-19(17)24/h1,5,7-10,13,15,17H,4,6,11-12H2,2H3,(H,20,22)(H,21,23)/t13-,15+,17+/m1/s1. The van der Waals surface area contributed by atoms with Gasteiger partial charge in [0.1, 0.15) is 12.1 Å². The first-order valence-corrected chi connectivity index (χ1v) is 8.29. The number of carbonyl (C=O) groups excluding carboxylic acids is 3. The lowest BCUT2D eigenvalue weighted by Gasteiger charge is -2.33. The van der Waals surface area contributed by atoms with Gasteiger partial charge in [-0.15, -0.1) is 12.3 Å². The number of ether oxygens (including phenoxy) is 1. The maximum atomic E-state index is 12.5. The molecule has 1 heterocycles. The Kier molecular flexibility index (Phi) is 6.58. The molecule has 0 unspecified atom stereocenters. The molecular formula is C19H22N2O4. The van der Waals surface area contributed by atoms with Crippen LogP contribution >= 0.6 is 0 Å². The lowest BCUT2D eigenvalue weighted by atomic mass is 10.0. The lowest BCUT2D eigenvalue weighted by Crippen LogP contribution is -2.62. The van der Waals surface area contributed by atoms with Crippen molar-refractivity contribution < 1.29 is 19.1 Å². The Labute approximate surface area is 147 Å². The van der Waals surface area contributed by atoms with Crippen LogP contribution in [-0.4, -0.2) is 36.0 Å². The van der Waals surface area contributed by atoms with Crippen LogP contribution in [0.25, 0.3) is 0 Å². The number of amides is 2. The quantitative estimate of drug-likeness (QED) is 0.418. The molecule has 1 saturated heterocycles. The van der Waals surface area contributed by atoms with E-state index in [2.05, 4.69) is 16.6 Å². The topological polar surface area (TPSA) is 84.5 Å². The van der Waals surface area contributed by atoms with E-state index in [9.17, 15) is 14.4 Å². The maximum absolute atomic E-state index is 12.5. The van der Waals surface area contributed by atoms with Crippen molar-refractivity contribution in [3.63, 3.8) is 0 Å². The van der Waals surface area contributed by atoms with Crippen molar-refractivity contribution in [1.82, 2.24) is 10.6 Å². The summed E-state index contributed by atoms with van der Waals surface area (Å²) in [4.78, 5) is 36.0. The molecule has 0 spiro atoms. The monoisotopic (exact) mass is 342 g/mol. The van der Waals surface area contributed by atoms with Crippen LogP contribution in [0.2, 0.25) is 0 Å². The minimum atomic E-state index is -0.763. The molecule has 6 nitrogen and oxygen atoms in total. The van der Waals surface area contributed by atoms with Crippen molar-refractivity contribution in [3.05, 3.63) is 35.9 Å². The SMILES string of the molecule is C#CCCCC(=O)N[C@@H](Cc1ccccc1)C(=O)N[C@@H]1C(=O)O[C@@H]1C. The van der Waals surface area contributed by atoms with Crippen molar-refractivity contribution in [3.8, 4) is 12.3 Å². The van der Waals surface area contributed by atoms with Gasteiger partial charge in [0, 0.05) is 19.3 Å². The molecule has 2 amide bonds. The number of rotatable bonds is 8. The Balaban J connectivity index is 2.00. The molecule has 2 N–H and O–H groups in total. The minimum Gasteiger partial charge on any atom is -0.458 e. The van der Waals surface area contributed by atoms with E-state index in [4.69, 9.17) is 11.2 Å². The van der Waals surface area contributed by atoms with Crippen LogP contribution in [0.1, 0.15) is 31.7 Å². The highest BCUT2D eigenvalue weighted by Gasteiger charge is 2.41. The first kappa shape index (κ1) is 18.5. The second kappa shape index (κ2) is 8.88. The van der Waals surface area contributed by atoms with Gasteiger partial charge in [-0.1, -0.05) is 30.3 Å². The predicted molar refractivity (Wildman–Crippen MR) is 92.2 cm³/mol. The molecule has 2 rings (SSSR count). The average Bonchev–Trinajstić information content (AvgIpc) is 2.60. The summed E-state index contributed by atoms with van der Waals surface area (Å²) in [7, 11) is 0. The molecule has 1 aliphatic heterocycles. The third-order valence-corrected chi connectivity index (χ3v) is 3.98. The second-order valence-corrected chi connectivity index (χ2v) is 6.00. The van der Waals surface area contributed by atoms with E-state index in [-0.39, 0.29) is 18.4 Å². The molecule has 6 heteroatoms. The van der Waals surface area contributed by atoms with E-state index in [0.29, 0.717) is 19.3 Å². The zero-order valence-corrected chi connectivity index (χ0v) is 14.2. The van der Waals surface area contributed by atoms with Crippen LogP contribution in [0.4, 0.5) is 0 Å². The van der Waals surface area contributed by atoms with Crippen molar-refractivity contribution in [1.29, 1.82) is 0 Å². The molecule has 0 radical (unpaired) electrons. The van der Waals surface area contributed by atoms with Gasteiger partial charge in [-0.05, 0) is 18.9 Å². The minimum absolute atomic E-state index is 0.240. The number of hydrogen-bond donors (Lipinski definition) is 2. The van der Waals surface area contributed by atoms with E-state index in [1.165, 1.54) is 0 Å². The van der Waals surface area contributed by atoms with Gasteiger partial charge in [0.05, 0.1) is 0 Å². The Morgan fingerprint density at radius 2 is 2.04 bits per heavy atom. The van der Waals surface area contributed by atoms with Gasteiger partial charge in [-0.3, -0.25) is 9.59 Å². The normalized spacial score (nSPS) is 19.8. The van der Waals surface area contributed by atoms with Crippen LogP contribution in [0.3, 0.4) is 0 Å². The summed E-state index contributed by atoms with van der Waals surface area (Å²) in [5, 5.41) is 5.38. The van der Waals surface area contributed by atoms with Gasteiger partial charge in [0.25, 0.3) is 0 Å². The third kappa shape index (κ3) is 5.35. The molecule has 1 aromatic rings. The first-order valence-electron chi connectivity index (χ1n) is 8.29. The predicted octanol–water partition coefficient (Wildman–Crippen LogP) is 0.947. The number of nitrogens with one attached hydrogen (secondary N) is 2. The fourth-order valence-corrected chi connectivity index (χ4v) is 2.55. The van der Waals surface area contributed by atoms with Crippen molar-refractivity contribution >= 4 is 17.8 Å². The highest BCUT2D eigenvalue weighted by atomic mass is 16.6. The number of benzene rings is 1. The molecule has 132 valence electrons. The Morgan fingerprint density at radius 1 is 1.32 bits per heavy atom. The van der Waals surface area contributed by atoms with Gasteiger partial charge in [0.15, 0.2) is 6.04 Å². The summed E-state index contributed by atoms with van der Waals surface area (Å²) in [6.45, 7) is 1.71. The molecule has 0 saturated carbocycles. The van der Waals surface area contributed by atoms with Crippen LogP contribution in [-0.2, 0) is 25.5 Å². The van der Waals surface area contributed by atoms with Crippen LogP contribution in [0, 0.1) is 12.3 Å². The Bertz CT molecular complexity index is 666. The Hall–Kier alpha value is -2.81. The van der Waals surface area contributed by atoms with Gasteiger partial charge < -0.3 is 15.4 Å². The summed E-state index contributed by atoms with van der Waals surface area (Å²) in [5.74, 6) is 1.38. The molecule has 3 atom stereocenters. The van der Waals surface area contributed by atoms with E-state index in [1.54, 1.807) is 6.92 Å². The van der Waals surface area contributed by atoms with Crippen LogP contribution < -0.4 is 10.6 Å². The molecular weight excluding hydrogens is 320 g/mol. The fraction of sp³-hybridized carbons (Fsp3) is 0.421. The first-order chi connectivity index (χ1) is 12.0. The number of hydrogen-bond acceptors (Lipinski definition) is 4. The number of carbonyl (C=O) groups is 3. The van der Waals surface area contributed by atoms with Crippen molar-refractivity contribution in [2.75, 3.05) is 0 Å². The average molecular weight is 342 g/mol. The molecule has 0 bridgehead atoms. The van der Waals surface area contributed by atoms with Gasteiger partial charge in [-0.25, -0.2) is 4.79 Å². The molecule has 1 fully saturated rings. The highest BCUT2D eigenvalue weighted by Crippen LogP contribution is 2.14. The van der Waals surface area contributed by atoms with E-state index in [1.807, 2.05) is 30.3 Å². The molecule has 1 aromatic carbocycles. The van der Waals surface area contributed by atoms with E-state index in [0.717, 1.165) is 5.56 Å². The van der Waals surface area contributed by atoms with E-state index < -0.39 is 24.0 Å². The zero-order valence-electron chi connectivity index (χ0n) is 14.2. The van der Waals surface area contributed by atoms with Gasteiger partial charge in [0.2, 0.25) is 11.8 Å². The molecule has 25 heavy (non-hydrogen) atoms. The van der Waals surface area contributed by atoms with Crippen molar-refractivity contribution in [2.45, 2.75) is 50.8 Å². The maximum Gasteiger partial charge on any atom is 0.332 e. The summed E-state index contributed by atoms with van der Waals surface area (Å²) in [6, 6.07) is 7.94. The molecule has 0 aliphatic carbocycles. The molecule has 1 aliphatic rings. The summed E-state index contributed by atoms with van der Waals surface area (Å²) < 4.78 is 4.84.